The Morgan fingerprint density at radius 1 is 1.32 bits per heavy atom. The number of hydrogen-bond donors (Lipinski definition) is 1. The normalized spacial score (nSPS) is 15.4. The van der Waals surface area contributed by atoms with Gasteiger partial charge in [0.15, 0.2) is 0 Å². The Balaban J connectivity index is 2.24. The monoisotopic (exact) mass is 304 g/mol. The first-order chi connectivity index (χ1) is 10.5. The Bertz CT molecular complexity index is 868. The molecule has 1 saturated carbocycles. The van der Waals surface area contributed by atoms with Gasteiger partial charge in [0, 0.05) is 12.1 Å². The van der Waals surface area contributed by atoms with E-state index in [1.165, 1.54) is 10.6 Å². The minimum Gasteiger partial charge on any atom is -0.405 e. The van der Waals surface area contributed by atoms with Crippen molar-refractivity contribution in [2.45, 2.75) is 52.0 Å². The van der Waals surface area contributed by atoms with E-state index in [4.69, 9.17) is 4.42 Å². The average molecular weight is 304 g/mol. The summed E-state index contributed by atoms with van der Waals surface area (Å²) >= 11 is 0. The SMILES string of the molecule is CC(C)CCc1cc(=O)oc2[nH]c(=O)n(C3CCC3)c(=O)c12. The van der Waals surface area contributed by atoms with Crippen LogP contribution in [-0.2, 0) is 6.42 Å². The second-order valence-corrected chi connectivity index (χ2v) is 6.42. The lowest BCUT2D eigenvalue weighted by Gasteiger charge is -2.26. The highest BCUT2D eigenvalue weighted by atomic mass is 16.4. The summed E-state index contributed by atoms with van der Waals surface area (Å²) in [7, 11) is 0. The van der Waals surface area contributed by atoms with Crippen molar-refractivity contribution in [2.75, 3.05) is 0 Å². The van der Waals surface area contributed by atoms with E-state index < -0.39 is 11.3 Å². The molecule has 0 aromatic carbocycles. The second-order valence-electron chi connectivity index (χ2n) is 6.42. The van der Waals surface area contributed by atoms with Crippen LogP contribution in [0.5, 0.6) is 0 Å². The third-order valence-corrected chi connectivity index (χ3v) is 4.35. The van der Waals surface area contributed by atoms with Crippen LogP contribution < -0.4 is 16.9 Å². The maximum atomic E-state index is 12.7. The fourth-order valence-electron chi connectivity index (χ4n) is 2.85. The molecule has 22 heavy (non-hydrogen) atoms. The highest BCUT2D eigenvalue weighted by molar-refractivity contribution is 5.75. The van der Waals surface area contributed by atoms with Crippen LogP contribution in [0.4, 0.5) is 0 Å². The summed E-state index contributed by atoms with van der Waals surface area (Å²) < 4.78 is 6.32. The van der Waals surface area contributed by atoms with Crippen molar-refractivity contribution in [2.24, 2.45) is 5.92 Å². The molecule has 2 aromatic rings. The molecule has 0 spiro atoms. The van der Waals surface area contributed by atoms with Crippen molar-refractivity contribution in [3.8, 4) is 0 Å². The molecule has 6 nitrogen and oxygen atoms in total. The van der Waals surface area contributed by atoms with Gasteiger partial charge in [0.2, 0.25) is 5.71 Å². The minimum atomic E-state index is -0.539. The third kappa shape index (κ3) is 2.53. The molecule has 0 unspecified atom stereocenters. The van der Waals surface area contributed by atoms with E-state index in [2.05, 4.69) is 18.8 Å². The Labute approximate surface area is 126 Å². The Hall–Kier alpha value is -2.11. The Kier molecular flexibility index (Phi) is 3.76. The van der Waals surface area contributed by atoms with Crippen LogP contribution >= 0.6 is 0 Å². The van der Waals surface area contributed by atoms with Crippen LogP contribution in [0.1, 0.15) is 51.1 Å². The molecule has 118 valence electrons. The molecular formula is C16H20N2O4. The van der Waals surface area contributed by atoms with E-state index in [9.17, 15) is 14.4 Å². The average Bonchev–Trinajstić information content (AvgIpc) is 2.37. The molecule has 0 radical (unpaired) electrons. The van der Waals surface area contributed by atoms with E-state index in [-0.39, 0.29) is 17.3 Å². The number of nitrogens with one attached hydrogen (secondary N) is 1. The van der Waals surface area contributed by atoms with Gasteiger partial charge in [-0.15, -0.1) is 0 Å². The third-order valence-electron chi connectivity index (χ3n) is 4.35. The van der Waals surface area contributed by atoms with Crippen LogP contribution in [0, 0.1) is 5.92 Å². The van der Waals surface area contributed by atoms with Crippen molar-refractivity contribution in [3.05, 3.63) is 42.9 Å². The van der Waals surface area contributed by atoms with Gasteiger partial charge in [0.25, 0.3) is 5.56 Å². The second kappa shape index (κ2) is 5.59. The number of aryl methyl sites for hydroxylation is 1. The zero-order chi connectivity index (χ0) is 15.9. The fourth-order valence-corrected chi connectivity index (χ4v) is 2.85. The van der Waals surface area contributed by atoms with Gasteiger partial charge in [-0.05, 0) is 43.6 Å². The number of hydrogen-bond acceptors (Lipinski definition) is 4. The predicted octanol–water partition coefficient (Wildman–Crippen LogP) is 1.96. The first-order valence-corrected chi connectivity index (χ1v) is 7.79. The molecule has 6 heteroatoms. The van der Waals surface area contributed by atoms with Gasteiger partial charge in [-0.1, -0.05) is 13.8 Å². The van der Waals surface area contributed by atoms with Gasteiger partial charge in [0.1, 0.15) is 5.39 Å². The molecule has 0 aliphatic heterocycles. The van der Waals surface area contributed by atoms with Gasteiger partial charge < -0.3 is 4.42 Å². The lowest BCUT2D eigenvalue weighted by Crippen LogP contribution is -2.41. The summed E-state index contributed by atoms with van der Waals surface area (Å²) in [6.45, 7) is 4.17. The molecule has 1 N–H and O–H groups in total. The van der Waals surface area contributed by atoms with Gasteiger partial charge in [-0.2, -0.15) is 0 Å². The van der Waals surface area contributed by atoms with Crippen molar-refractivity contribution in [3.63, 3.8) is 0 Å². The summed E-state index contributed by atoms with van der Waals surface area (Å²) in [5, 5.41) is 0.340. The molecule has 0 bridgehead atoms. The summed E-state index contributed by atoms with van der Waals surface area (Å²) in [4.78, 5) is 39.1. The topological polar surface area (TPSA) is 85.1 Å². The quantitative estimate of drug-likeness (QED) is 0.935. The van der Waals surface area contributed by atoms with Crippen LogP contribution in [-0.4, -0.2) is 9.55 Å². The Morgan fingerprint density at radius 3 is 2.64 bits per heavy atom. The van der Waals surface area contributed by atoms with Gasteiger partial charge in [-0.3, -0.25) is 14.3 Å². The number of H-pyrrole nitrogens is 1. The van der Waals surface area contributed by atoms with E-state index in [1.807, 2.05) is 0 Å². The molecule has 2 heterocycles. The molecule has 2 aromatic heterocycles. The molecule has 0 saturated heterocycles. The highest BCUT2D eigenvalue weighted by Gasteiger charge is 2.25. The number of aromatic amines is 1. The first-order valence-electron chi connectivity index (χ1n) is 7.79. The molecular weight excluding hydrogens is 284 g/mol. The largest absolute Gasteiger partial charge is 0.405 e. The number of rotatable bonds is 4. The molecule has 3 rings (SSSR count). The Morgan fingerprint density at radius 2 is 2.05 bits per heavy atom. The number of aromatic nitrogens is 2. The predicted molar refractivity (Wildman–Crippen MR) is 83.4 cm³/mol. The molecule has 0 atom stereocenters. The minimum absolute atomic E-state index is 0.00294. The number of nitrogens with zero attached hydrogens (tertiary/aromatic N) is 1. The standard InChI is InChI=1S/C16H20N2O4/c1-9(2)6-7-10-8-12(19)22-14-13(10)15(20)18(16(21)17-14)11-4-3-5-11/h8-9,11H,3-7H2,1-2H3,(H,17,21). The van der Waals surface area contributed by atoms with Crippen molar-refractivity contribution < 1.29 is 4.42 Å². The summed E-state index contributed by atoms with van der Waals surface area (Å²) in [6, 6.07) is 1.33. The smallest absolute Gasteiger partial charge is 0.337 e. The van der Waals surface area contributed by atoms with Crippen molar-refractivity contribution in [1.29, 1.82) is 0 Å². The van der Waals surface area contributed by atoms with Crippen LogP contribution in [0.15, 0.2) is 24.9 Å². The summed E-state index contributed by atoms with van der Waals surface area (Å²) in [5.41, 5.74) is -0.717. The fraction of sp³-hybridized carbons (Fsp3) is 0.562. The maximum Gasteiger partial charge on any atom is 0.337 e. The van der Waals surface area contributed by atoms with Crippen LogP contribution in [0.2, 0.25) is 0 Å². The van der Waals surface area contributed by atoms with Crippen molar-refractivity contribution in [1.82, 2.24) is 9.55 Å². The summed E-state index contributed by atoms with van der Waals surface area (Å²) in [6.07, 6.45) is 4.18. The van der Waals surface area contributed by atoms with E-state index in [0.29, 0.717) is 23.3 Å². The lowest BCUT2D eigenvalue weighted by atomic mass is 9.93. The molecule has 1 aliphatic carbocycles. The van der Waals surface area contributed by atoms with E-state index in [1.54, 1.807) is 0 Å². The summed E-state index contributed by atoms with van der Waals surface area (Å²) in [5.74, 6) is 0.457. The maximum absolute atomic E-state index is 12.7. The first kappa shape index (κ1) is 14.8. The van der Waals surface area contributed by atoms with Gasteiger partial charge in [0.05, 0.1) is 0 Å². The van der Waals surface area contributed by atoms with Gasteiger partial charge in [-0.25, -0.2) is 9.59 Å². The van der Waals surface area contributed by atoms with Gasteiger partial charge >= 0.3 is 11.3 Å². The van der Waals surface area contributed by atoms with Crippen LogP contribution in [0.3, 0.4) is 0 Å². The molecule has 1 fully saturated rings. The lowest BCUT2D eigenvalue weighted by molar-refractivity contribution is 0.297. The van der Waals surface area contributed by atoms with Crippen LogP contribution in [0.25, 0.3) is 11.1 Å². The zero-order valence-corrected chi connectivity index (χ0v) is 12.8. The van der Waals surface area contributed by atoms with Crippen molar-refractivity contribution >= 4 is 11.1 Å². The highest BCUT2D eigenvalue weighted by Crippen LogP contribution is 2.29. The van der Waals surface area contributed by atoms with E-state index >= 15 is 0 Å². The zero-order valence-electron chi connectivity index (χ0n) is 12.8. The molecule has 0 amide bonds. The van der Waals surface area contributed by atoms with E-state index in [0.717, 1.165) is 25.7 Å². The number of fused-ring (bicyclic) bond motifs is 1. The molecule has 1 aliphatic rings.